The Morgan fingerprint density at radius 1 is 1.09 bits per heavy atom. The van der Waals surface area contributed by atoms with E-state index in [1.807, 2.05) is 17.5 Å². The van der Waals surface area contributed by atoms with Crippen LogP contribution in [0.5, 0.6) is 5.75 Å². The Balaban J connectivity index is 1.75. The van der Waals surface area contributed by atoms with E-state index in [1.165, 1.54) is 28.4 Å². The molecule has 1 saturated carbocycles. The van der Waals surface area contributed by atoms with Crippen LogP contribution in [0.1, 0.15) is 42.2 Å². The molecule has 0 aliphatic heterocycles. The molecular weight excluding hydrogens is 439 g/mol. The summed E-state index contributed by atoms with van der Waals surface area (Å²) < 4.78 is 19.0. The van der Waals surface area contributed by atoms with E-state index < -0.39 is 11.9 Å². The smallest absolute Gasteiger partial charge is 0.248 e. The number of ether oxygens (including phenoxy) is 1. The first kappa shape index (κ1) is 23.0. The Hall–Kier alpha value is -3.19. The summed E-state index contributed by atoms with van der Waals surface area (Å²) in [5.41, 5.74) is 1.13. The van der Waals surface area contributed by atoms with Crippen molar-refractivity contribution in [2.24, 2.45) is 0 Å². The van der Waals surface area contributed by atoms with Crippen molar-refractivity contribution >= 4 is 28.8 Å². The number of halogens is 1. The first-order valence-corrected chi connectivity index (χ1v) is 12.0. The van der Waals surface area contributed by atoms with Crippen LogP contribution in [0.25, 0.3) is 0 Å². The molecule has 172 valence electrons. The third kappa shape index (κ3) is 5.60. The molecule has 1 atom stereocenters. The SMILES string of the molecule is COc1ccc(N(C(=O)Cc2cccs2)[C@H](C(=O)NC2CCCC2)c2ccc(F)cc2)cc1. The van der Waals surface area contributed by atoms with Crippen LogP contribution < -0.4 is 15.0 Å². The van der Waals surface area contributed by atoms with Crippen molar-refractivity contribution in [1.29, 1.82) is 0 Å². The van der Waals surface area contributed by atoms with E-state index in [2.05, 4.69) is 5.32 Å². The van der Waals surface area contributed by atoms with Crippen LogP contribution in [0.2, 0.25) is 0 Å². The number of nitrogens with one attached hydrogen (secondary N) is 1. The predicted octanol–water partition coefficient (Wildman–Crippen LogP) is 5.27. The van der Waals surface area contributed by atoms with Gasteiger partial charge in [-0.1, -0.05) is 31.0 Å². The van der Waals surface area contributed by atoms with Crippen molar-refractivity contribution in [2.45, 2.75) is 44.2 Å². The zero-order chi connectivity index (χ0) is 23.2. The zero-order valence-electron chi connectivity index (χ0n) is 18.5. The summed E-state index contributed by atoms with van der Waals surface area (Å²) in [6.07, 6.45) is 4.16. The van der Waals surface area contributed by atoms with Crippen molar-refractivity contribution in [3.8, 4) is 5.75 Å². The Kier molecular flexibility index (Phi) is 7.40. The number of carbonyl (C=O) groups is 2. The maximum absolute atomic E-state index is 13.7. The van der Waals surface area contributed by atoms with E-state index in [1.54, 1.807) is 43.5 Å². The van der Waals surface area contributed by atoms with Crippen LogP contribution in [0, 0.1) is 5.82 Å². The Labute approximate surface area is 197 Å². The van der Waals surface area contributed by atoms with Crippen LogP contribution in [-0.2, 0) is 16.0 Å². The van der Waals surface area contributed by atoms with E-state index in [0.717, 1.165) is 30.6 Å². The van der Waals surface area contributed by atoms with Gasteiger partial charge in [0.15, 0.2) is 0 Å². The molecule has 1 N–H and O–H groups in total. The van der Waals surface area contributed by atoms with Crippen LogP contribution >= 0.6 is 11.3 Å². The average molecular weight is 467 g/mol. The maximum Gasteiger partial charge on any atom is 0.248 e. The normalized spacial score (nSPS) is 14.6. The molecule has 7 heteroatoms. The highest BCUT2D eigenvalue weighted by Gasteiger charge is 2.34. The lowest BCUT2D eigenvalue weighted by atomic mass is 10.0. The van der Waals surface area contributed by atoms with Crippen LogP contribution in [0.3, 0.4) is 0 Å². The first-order valence-electron chi connectivity index (χ1n) is 11.1. The molecule has 1 aliphatic rings. The summed E-state index contributed by atoms with van der Waals surface area (Å²) in [6.45, 7) is 0. The molecular formula is C26H27FN2O3S. The molecule has 0 saturated heterocycles. The van der Waals surface area contributed by atoms with Crippen molar-refractivity contribution in [3.05, 3.63) is 82.3 Å². The van der Waals surface area contributed by atoms with E-state index in [-0.39, 0.29) is 24.3 Å². The third-order valence-electron chi connectivity index (χ3n) is 5.92. The molecule has 0 bridgehead atoms. The number of hydrogen-bond donors (Lipinski definition) is 1. The number of anilines is 1. The summed E-state index contributed by atoms with van der Waals surface area (Å²) >= 11 is 1.50. The minimum Gasteiger partial charge on any atom is -0.497 e. The second kappa shape index (κ2) is 10.6. The van der Waals surface area contributed by atoms with Crippen molar-refractivity contribution < 1.29 is 18.7 Å². The third-order valence-corrected chi connectivity index (χ3v) is 6.80. The highest BCUT2D eigenvalue weighted by atomic mass is 32.1. The number of hydrogen-bond acceptors (Lipinski definition) is 4. The van der Waals surface area contributed by atoms with E-state index in [0.29, 0.717) is 17.0 Å². The molecule has 1 aromatic heterocycles. The van der Waals surface area contributed by atoms with Crippen molar-refractivity contribution in [1.82, 2.24) is 5.32 Å². The van der Waals surface area contributed by atoms with Gasteiger partial charge in [0.2, 0.25) is 11.8 Å². The highest BCUT2D eigenvalue weighted by Crippen LogP contribution is 2.31. The lowest BCUT2D eigenvalue weighted by Gasteiger charge is -2.32. The second-order valence-corrected chi connectivity index (χ2v) is 9.19. The number of amides is 2. The summed E-state index contributed by atoms with van der Waals surface area (Å²) in [5, 5.41) is 5.05. The first-order chi connectivity index (χ1) is 16.0. The molecule has 1 heterocycles. The lowest BCUT2D eigenvalue weighted by molar-refractivity contribution is -0.127. The zero-order valence-corrected chi connectivity index (χ0v) is 19.3. The van der Waals surface area contributed by atoms with Gasteiger partial charge in [-0.05, 0) is 66.2 Å². The van der Waals surface area contributed by atoms with Gasteiger partial charge in [-0.2, -0.15) is 0 Å². The van der Waals surface area contributed by atoms with E-state index in [4.69, 9.17) is 4.74 Å². The minimum absolute atomic E-state index is 0.0885. The van der Waals surface area contributed by atoms with Gasteiger partial charge in [0.1, 0.15) is 17.6 Å². The molecule has 0 spiro atoms. The van der Waals surface area contributed by atoms with Gasteiger partial charge in [-0.3, -0.25) is 14.5 Å². The maximum atomic E-state index is 13.7. The number of thiophene rings is 1. The lowest BCUT2D eigenvalue weighted by Crippen LogP contribution is -2.46. The van der Waals surface area contributed by atoms with Crippen LogP contribution in [-0.4, -0.2) is 25.0 Å². The Morgan fingerprint density at radius 2 is 1.79 bits per heavy atom. The van der Waals surface area contributed by atoms with Crippen molar-refractivity contribution in [2.75, 3.05) is 12.0 Å². The average Bonchev–Trinajstić information content (AvgIpc) is 3.53. The molecule has 0 radical (unpaired) electrons. The summed E-state index contributed by atoms with van der Waals surface area (Å²) in [4.78, 5) is 29.7. The molecule has 3 aromatic rings. The molecule has 2 aromatic carbocycles. The monoisotopic (exact) mass is 466 g/mol. The summed E-state index contributed by atoms with van der Waals surface area (Å²) in [7, 11) is 1.57. The Morgan fingerprint density at radius 3 is 2.39 bits per heavy atom. The number of carbonyl (C=O) groups excluding carboxylic acids is 2. The molecule has 5 nitrogen and oxygen atoms in total. The van der Waals surface area contributed by atoms with Gasteiger partial charge in [-0.25, -0.2) is 4.39 Å². The van der Waals surface area contributed by atoms with Gasteiger partial charge < -0.3 is 10.1 Å². The quantitative estimate of drug-likeness (QED) is 0.492. The number of benzene rings is 2. The highest BCUT2D eigenvalue weighted by molar-refractivity contribution is 7.10. The topological polar surface area (TPSA) is 58.6 Å². The van der Waals surface area contributed by atoms with E-state index in [9.17, 15) is 14.0 Å². The van der Waals surface area contributed by atoms with Crippen molar-refractivity contribution in [3.63, 3.8) is 0 Å². The molecule has 0 unspecified atom stereocenters. The van der Waals surface area contributed by atoms with Gasteiger partial charge in [-0.15, -0.1) is 11.3 Å². The predicted molar refractivity (Wildman–Crippen MR) is 128 cm³/mol. The fraction of sp³-hybridized carbons (Fsp3) is 0.308. The van der Waals surface area contributed by atoms with Gasteiger partial charge in [0.05, 0.1) is 13.5 Å². The Bertz CT molecular complexity index is 1060. The fourth-order valence-electron chi connectivity index (χ4n) is 4.24. The molecule has 4 rings (SSSR count). The van der Waals surface area contributed by atoms with E-state index >= 15 is 0 Å². The summed E-state index contributed by atoms with van der Waals surface area (Å²) in [5.74, 6) is -0.213. The number of nitrogens with zero attached hydrogens (tertiary/aromatic N) is 1. The largest absolute Gasteiger partial charge is 0.497 e. The molecule has 33 heavy (non-hydrogen) atoms. The fourth-order valence-corrected chi connectivity index (χ4v) is 4.94. The second-order valence-electron chi connectivity index (χ2n) is 8.16. The molecule has 1 fully saturated rings. The summed E-state index contributed by atoms with van der Waals surface area (Å²) in [6, 6.07) is 15.8. The molecule has 2 amide bonds. The number of rotatable bonds is 8. The van der Waals surface area contributed by atoms with Gasteiger partial charge in [0, 0.05) is 16.6 Å². The van der Waals surface area contributed by atoms with Crippen LogP contribution in [0.4, 0.5) is 10.1 Å². The van der Waals surface area contributed by atoms with Gasteiger partial charge in [0.25, 0.3) is 0 Å². The van der Waals surface area contributed by atoms with Crippen LogP contribution in [0.15, 0.2) is 66.0 Å². The number of methoxy groups -OCH3 is 1. The standard InChI is InChI=1S/C26H27FN2O3S/c1-32-22-14-12-21(13-15-22)29(24(30)17-23-7-4-16-33-23)25(18-8-10-19(27)11-9-18)26(31)28-20-5-2-3-6-20/h4,7-16,20,25H,2-3,5-6,17H2,1H3,(H,28,31)/t25-/m0/s1. The van der Waals surface area contributed by atoms with Gasteiger partial charge >= 0.3 is 0 Å². The minimum atomic E-state index is -0.924. The molecule has 1 aliphatic carbocycles.